The number of nitrogens with one attached hydrogen (secondary N) is 1. The fourth-order valence-corrected chi connectivity index (χ4v) is 3.14. The van der Waals surface area contributed by atoms with Gasteiger partial charge in [-0.05, 0) is 24.5 Å². The number of hydrogen-bond donors (Lipinski definition) is 1. The smallest absolute Gasteiger partial charge is 0.255 e. The Bertz CT molecular complexity index is 769. The number of aromatic amines is 1. The lowest BCUT2D eigenvalue weighted by Gasteiger charge is -2.28. The van der Waals surface area contributed by atoms with Crippen molar-refractivity contribution in [3.8, 4) is 0 Å². The van der Waals surface area contributed by atoms with Crippen LogP contribution in [-0.4, -0.2) is 26.4 Å². The number of nitrogens with zero attached hydrogens (tertiary/aromatic N) is 3. The molecule has 1 aliphatic carbocycles. The van der Waals surface area contributed by atoms with E-state index in [0.717, 1.165) is 55.0 Å². The molecule has 0 amide bonds. The van der Waals surface area contributed by atoms with E-state index < -0.39 is 0 Å². The highest BCUT2D eigenvalue weighted by atomic mass is 35.5. The molecule has 1 N–H and O–H groups in total. The van der Waals surface area contributed by atoms with Crippen molar-refractivity contribution < 1.29 is 0 Å². The Morgan fingerprint density at radius 1 is 1.41 bits per heavy atom. The van der Waals surface area contributed by atoms with E-state index in [1.165, 1.54) is 0 Å². The third-order valence-corrected chi connectivity index (χ3v) is 4.72. The van der Waals surface area contributed by atoms with E-state index in [1.54, 1.807) is 12.4 Å². The largest absolute Gasteiger partial charge is 0.310 e. The molecule has 4 rings (SSSR count). The minimum absolute atomic E-state index is 0.0254. The number of halogens is 1. The number of H-pyrrole nitrogens is 1. The zero-order valence-corrected chi connectivity index (χ0v) is 12.9. The first kappa shape index (κ1) is 13.9. The fraction of sp³-hybridized carbons (Fsp3) is 0.438. The van der Waals surface area contributed by atoms with E-state index in [4.69, 9.17) is 11.6 Å². The average molecular weight is 317 g/mol. The normalized spacial score (nSPS) is 18.2. The van der Waals surface area contributed by atoms with Gasteiger partial charge in [-0.2, -0.15) is 0 Å². The summed E-state index contributed by atoms with van der Waals surface area (Å²) in [7, 11) is 0. The summed E-state index contributed by atoms with van der Waals surface area (Å²) in [6.07, 6.45) is 6.52. The second-order valence-corrected chi connectivity index (χ2v) is 6.49. The fourth-order valence-electron chi connectivity index (χ4n) is 2.96. The van der Waals surface area contributed by atoms with Crippen molar-refractivity contribution in [2.24, 2.45) is 0 Å². The van der Waals surface area contributed by atoms with Crippen molar-refractivity contribution in [3.63, 3.8) is 0 Å². The van der Waals surface area contributed by atoms with Gasteiger partial charge in [0.2, 0.25) is 0 Å². The molecule has 2 aliphatic rings. The number of hydrogen-bond acceptors (Lipinski definition) is 4. The van der Waals surface area contributed by atoms with Crippen molar-refractivity contribution in [2.45, 2.75) is 38.3 Å². The van der Waals surface area contributed by atoms with Crippen molar-refractivity contribution in [1.82, 2.24) is 19.9 Å². The molecule has 3 heterocycles. The summed E-state index contributed by atoms with van der Waals surface area (Å²) in [5.74, 6) is 1.36. The Labute approximate surface area is 133 Å². The van der Waals surface area contributed by atoms with Crippen LogP contribution in [0.4, 0.5) is 0 Å². The summed E-state index contributed by atoms with van der Waals surface area (Å²) in [6.45, 7) is 2.25. The number of pyridine rings is 1. The number of aromatic nitrogens is 3. The molecule has 114 valence electrons. The monoisotopic (exact) mass is 316 g/mol. The van der Waals surface area contributed by atoms with Crippen molar-refractivity contribution in [2.75, 3.05) is 6.54 Å². The van der Waals surface area contributed by atoms with E-state index in [2.05, 4.69) is 19.9 Å². The van der Waals surface area contributed by atoms with Crippen LogP contribution in [0.5, 0.6) is 0 Å². The van der Waals surface area contributed by atoms with Crippen molar-refractivity contribution in [3.05, 3.63) is 56.5 Å². The lowest BCUT2D eigenvalue weighted by Crippen LogP contribution is -2.35. The summed E-state index contributed by atoms with van der Waals surface area (Å²) in [6, 6.07) is 1.93. The average Bonchev–Trinajstić information content (AvgIpc) is 3.35. The number of rotatable bonds is 3. The quantitative estimate of drug-likeness (QED) is 0.943. The van der Waals surface area contributed by atoms with Crippen LogP contribution in [0.2, 0.25) is 5.02 Å². The Balaban J connectivity index is 1.56. The molecule has 6 heteroatoms. The third kappa shape index (κ3) is 2.66. The Morgan fingerprint density at radius 2 is 2.27 bits per heavy atom. The minimum atomic E-state index is 0.0254. The van der Waals surface area contributed by atoms with E-state index in [9.17, 15) is 4.79 Å². The molecule has 22 heavy (non-hydrogen) atoms. The predicted octanol–water partition coefficient (Wildman–Crippen LogP) is 2.25. The first-order valence-corrected chi connectivity index (χ1v) is 8.01. The summed E-state index contributed by atoms with van der Waals surface area (Å²) < 4.78 is 0. The molecule has 2 aromatic heterocycles. The Hall–Kier alpha value is -1.72. The Kier molecular flexibility index (Phi) is 3.47. The summed E-state index contributed by atoms with van der Waals surface area (Å²) in [5.41, 5.74) is 2.85. The standard InChI is InChI=1S/C16H17ClN4O/c17-13-7-18-5-3-11(13)8-21-6-4-14-12(9-21)16(22)20-15(19-14)10-1-2-10/h3,5,7,10H,1-2,4,6,8-9H2,(H,19,20,22). The van der Waals surface area contributed by atoms with Crippen LogP contribution in [0.25, 0.3) is 0 Å². The number of fused-ring (bicyclic) bond motifs is 1. The highest BCUT2D eigenvalue weighted by molar-refractivity contribution is 6.31. The first-order valence-electron chi connectivity index (χ1n) is 7.63. The first-order chi connectivity index (χ1) is 10.7. The second kappa shape index (κ2) is 5.48. The molecule has 0 bridgehead atoms. The topological polar surface area (TPSA) is 61.9 Å². The summed E-state index contributed by atoms with van der Waals surface area (Å²) in [4.78, 5) is 26.2. The van der Waals surface area contributed by atoms with Crippen LogP contribution in [0.15, 0.2) is 23.3 Å². The van der Waals surface area contributed by atoms with E-state index in [0.29, 0.717) is 17.5 Å². The van der Waals surface area contributed by atoms with E-state index in [1.807, 2.05) is 6.07 Å². The summed E-state index contributed by atoms with van der Waals surface area (Å²) >= 11 is 6.17. The van der Waals surface area contributed by atoms with Gasteiger partial charge in [-0.25, -0.2) is 4.98 Å². The van der Waals surface area contributed by atoms with Gasteiger partial charge in [-0.3, -0.25) is 14.7 Å². The van der Waals surface area contributed by atoms with Gasteiger partial charge in [0.15, 0.2) is 0 Å². The molecular weight excluding hydrogens is 300 g/mol. The second-order valence-electron chi connectivity index (χ2n) is 6.08. The Morgan fingerprint density at radius 3 is 3.05 bits per heavy atom. The molecular formula is C16H17ClN4O. The zero-order chi connectivity index (χ0) is 15.1. The molecule has 0 atom stereocenters. The SMILES string of the molecule is O=c1[nH]c(C2CC2)nc2c1CN(Cc1ccncc1Cl)CC2. The van der Waals surface area contributed by atoms with Crippen LogP contribution in [0.1, 0.15) is 41.4 Å². The molecule has 0 spiro atoms. The van der Waals surface area contributed by atoms with Gasteiger partial charge < -0.3 is 4.98 Å². The van der Waals surface area contributed by atoms with Crippen LogP contribution in [-0.2, 0) is 19.5 Å². The molecule has 1 aliphatic heterocycles. The summed E-state index contributed by atoms with van der Waals surface area (Å²) in [5, 5.41) is 0.671. The third-order valence-electron chi connectivity index (χ3n) is 4.38. The van der Waals surface area contributed by atoms with Gasteiger partial charge in [0.1, 0.15) is 5.82 Å². The van der Waals surface area contributed by atoms with Crippen LogP contribution >= 0.6 is 11.6 Å². The maximum atomic E-state index is 12.3. The van der Waals surface area contributed by atoms with Gasteiger partial charge >= 0.3 is 0 Å². The maximum Gasteiger partial charge on any atom is 0.255 e. The predicted molar refractivity (Wildman–Crippen MR) is 83.9 cm³/mol. The molecule has 2 aromatic rings. The van der Waals surface area contributed by atoms with Crippen molar-refractivity contribution >= 4 is 11.6 Å². The highest BCUT2D eigenvalue weighted by Gasteiger charge is 2.29. The van der Waals surface area contributed by atoms with Gasteiger partial charge in [0, 0.05) is 44.4 Å². The van der Waals surface area contributed by atoms with Crippen LogP contribution < -0.4 is 5.56 Å². The zero-order valence-electron chi connectivity index (χ0n) is 12.2. The molecule has 0 unspecified atom stereocenters. The van der Waals surface area contributed by atoms with E-state index >= 15 is 0 Å². The van der Waals surface area contributed by atoms with Gasteiger partial charge in [-0.1, -0.05) is 11.6 Å². The molecule has 1 saturated carbocycles. The van der Waals surface area contributed by atoms with Gasteiger partial charge in [-0.15, -0.1) is 0 Å². The minimum Gasteiger partial charge on any atom is -0.310 e. The lowest BCUT2D eigenvalue weighted by atomic mass is 10.1. The molecule has 5 nitrogen and oxygen atoms in total. The molecule has 0 saturated heterocycles. The van der Waals surface area contributed by atoms with Gasteiger partial charge in [0.25, 0.3) is 5.56 Å². The highest BCUT2D eigenvalue weighted by Crippen LogP contribution is 2.37. The maximum absolute atomic E-state index is 12.3. The van der Waals surface area contributed by atoms with Crippen molar-refractivity contribution in [1.29, 1.82) is 0 Å². The molecule has 0 aromatic carbocycles. The lowest BCUT2D eigenvalue weighted by molar-refractivity contribution is 0.241. The van der Waals surface area contributed by atoms with Gasteiger partial charge in [0.05, 0.1) is 16.3 Å². The molecule has 0 radical (unpaired) electrons. The molecule has 1 fully saturated rings. The van der Waals surface area contributed by atoms with Crippen LogP contribution in [0, 0.1) is 0 Å². The van der Waals surface area contributed by atoms with Crippen LogP contribution in [0.3, 0.4) is 0 Å². The van der Waals surface area contributed by atoms with E-state index in [-0.39, 0.29) is 5.56 Å².